The summed E-state index contributed by atoms with van der Waals surface area (Å²) in [5.41, 5.74) is 0.625. The van der Waals surface area contributed by atoms with E-state index in [1.54, 1.807) is 12.1 Å². The largest absolute Gasteiger partial charge is 0.326 e. The fourth-order valence-electron chi connectivity index (χ4n) is 2.05. The molecule has 0 bridgehead atoms. The highest BCUT2D eigenvalue weighted by molar-refractivity contribution is 5.98. The van der Waals surface area contributed by atoms with Gasteiger partial charge in [0.15, 0.2) is 0 Å². The van der Waals surface area contributed by atoms with Crippen molar-refractivity contribution in [2.45, 2.75) is 6.54 Å². The average Bonchev–Trinajstić information content (AvgIpc) is 2.99. The first-order valence-corrected chi connectivity index (χ1v) is 7.16. The smallest absolute Gasteiger partial charge is 0.305 e. The zero-order chi connectivity index (χ0) is 17.8. The van der Waals surface area contributed by atoms with Crippen LogP contribution in [-0.4, -0.2) is 20.8 Å². The third-order valence-corrected chi connectivity index (χ3v) is 3.20. The van der Waals surface area contributed by atoms with Crippen LogP contribution in [0.1, 0.15) is 5.56 Å². The third kappa shape index (κ3) is 4.34. The van der Waals surface area contributed by atoms with Gasteiger partial charge in [0.1, 0.15) is 23.8 Å². The van der Waals surface area contributed by atoms with Gasteiger partial charge in [0, 0.05) is 6.07 Å². The number of benzene rings is 2. The maximum Gasteiger partial charge on any atom is 0.326 e. The van der Waals surface area contributed by atoms with Crippen molar-refractivity contribution in [1.29, 1.82) is 0 Å². The molecule has 9 heteroatoms. The lowest BCUT2D eigenvalue weighted by Crippen LogP contribution is -2.21. The second-order valence-corrected chi connectivity index (χ2v) is 5.10. The van der Waals surface area contributed by atoms with E-state index in [2.05, 4.69) is 20.7 Å². The fourth-order valence-corrected chi connectivity index (χ4v) is 2.05. The number of rotatable bonds is 4. The van der Waals surface area contributed by atoms with Gasteiger partial charge in [-0.3, -0.25) is 5.32 Å². The standard InChI is InChI=1S/C16H12F3N5O/c17-11-3-1-10(2-4-11)8-24-9-20-15(23-24)22-16(25)21-14-6-5-12(18)7-13(14)19/h1-7,9H,8H2,(H2,21,22,23,25). The highest BCUT2D eigenvalue weighted by atomic mass is 19.1. The quantitative estimate of drug-likeness (QED) is 0.760. The van der Waals surface area contributed by atoms with E-state index in [-0.39, 0.29) is 17.5 Å². The monoisotopic (exact) mass is 347 g/mol. The van der Waals surface area contributed by atoms with Crippen molar-refractivity contribution in [2.75, 3.05) is 10.6 Å². The van der Waals surface area contributed by atoms with E-state index in [4.69, 9.17) is 0 Å². The molecule has 6 nitrogen and oxygen atoms in total. The van der Waals surface area contributed by atoms with Crippen LogP contribution in [0.3, 0.4) is 0 Å². The van der Waals surface area contributed by atoms with Gasteiger partial charge in [-0.1, -0.05) is 12.1 Å². The van der Waals surface area contributed by atoms with Gasteiger partial charge in [-0.2, -0.15) is 0 Å². The van der Waals surface area contributed by atoms with Gasteiger partial charge in [-0.05, 0) is 29.8 Å². The summed E-state index contributed by atoms with van der Waals surface area (Å²) >= 11 is 0. The Balaban J connectivity index is 1.60. The normalized spacial score (nSPS) is 10.5. The third-order valence-electron chi connectivity index (χ3n) is 3.20. The van der Waals surface area contributed by atoms with Crippen molar-refractivity contribution < 1.29 is 18.0 Å². The number of halogens is 3. The van der Waals surface area contributed by atoms with Crippen molar-refractivity contribution in [2.24, 2.45) is 0 Å². The maximum atomic E-state index is 13.5. The molecule has 2 N–H and O–H groups in total. The summed E-state index contributed by atoms with van der Waals surface area (Å²) in [5, 5.41) is 8.59. The van der Waals surface area contributed by atoms with E-state index in [1.807, 2.05) is 0 Å². The fraction of sp³-hybridized carbons (Fsp3) is 0.0625. The number of urea groups is 1. The Labute approximate surface area is 140 Å². The number of carbonyl (C=O) groups excluding carboxylic acids is 1. The van der Waals surface area contributed by atoms with Crippen LogP contribution in [-0.2, 0) is 6.54 Å². The number of carbonyl (C=O) groups is 1. The summed E-state index contributed by atoms with van der Waals surface area (Å²) in [7, 11) is 0. The van der Waals surface area contributed by atoms with Crippen LogP contribution in [0, 0.1) is 17.5 Å². The van der Waals surface area contributed by atoms with Crippen LogP contribution in [0.4, 0.5) is 29.6 Å². The first kappa shape index (κ1) is 16.5. The summed E-state index contributed by atoms with van der Waals surface area (Å²) in [6, 6.07) is 7.88. The number of hydrogen-bond donors (Lipinski definition) is 2. The molecule has 0 spiro atoms. The summed E-state index contributed by atoms with van der Waals surface area (Å²) < 4.78 is 40.6. The highest BCUT2D eigenvalue weighted by Crippen LogP contribution is 2.15. The molecule has 1 aromatic heterocycles. The molecule has 0 unspecified atom stereocenters. The Morgan fingerprint density at radius 1 is 1.00 bits per heavy atom. The second-order valence-electron chi connectivity index (χ2n) is 5.10. The van der Waals surface area contributed by atoms with Crippen molar-refractivity contribution >= 4 is 17.7 Å². The highest BCUT2D eigenvalue weighted by Gasteiger charge is 2.10. The average molecular weight is 347 g/mol. The van der Waals surface area contributed by atoms with E-state index in [0.29, 0.717) is 12.6 Å². The number of hydrogen-bond acceptors (Lipinski definition) is 3. The van der Waals surface area contributed by atoms with Crippen LogP contribution in [0.25, 0.3) is 0 Å². The van der Waals surface area contributed by atoms with Crippen molar-refractivity contribution in [3.05, 3.63) is 71.8 Å². The van der Waals surface area contributed by atoms with Gasteiger partial charge < -0.3 is 5.32 Å². The summed E-state index contributed by atoms with van der Waals surface area (Å²) in [6.07, 6.45) is 1.39. The van der Waals surface area contributed by atoms with Gasteiger partial charge in [-0.15, -0.1) is 5.10 Å². The van der Waals surface area contributed by atoms with E-state index in [1.165, 1.54) is 23.1 Å². The number of amides is 2. The summed E-state index contributed by atoms with van der Waals surface area (Å²) in [6.45, 7) is 0.336. The molecule has 0 atom stereocenters. The molecule has 3 aromatic rings. The van der Waals surface area contributed by atoms with Crippen LogP contribution in [0.2, 0.25) is 0 Å². The lowest BCUT2D eigenvalue weighted by molar-refractivity contribution is 0.262. The minimum atomic E-state index is -0.898. The minimum absolute atomic E-state index is 0.00197. The molecule has 0 radical (unpaired) electrons. The number of nitrogens with one attached hydrogen (secondary N) is 2. The molecule has 0 aliphatic carbocycles. The Morgan fingerprint density at radius 3 is 2.44 bits per heavy atom. The molecule has 0 saturated carbocycles. The molecule has 1 heterocycles. The van der Waals surface area contributed by atoms with E-state index in [9.17, 15) is 18.0 Å². The maximum absolute atomic E-state index is 13.5. The van der Waals surface area contributed by atoms with Crippen molar-refractivity contribution in [1.82, 2.24) is 14.8 Å². The first-order valence-electron chi connectivity index (χ1n) is 7.16. The SMILES string of the molecule is O=C(Nc1ncn(Cc2ccc(F)cc2)n1)Nc1ccc(F)cc1F. The van der Waals surface area contributed by atoms with E-state index in [0.717, 1.165) is 17.7 Å². The van der Waals surface area contributed by atoms with E-state index < -0.39 is 17.7 Å². The molecule has 0 aliphatic rings. The molecule has 3 rings (SSSR count). The number of aromatic nitrogens is 3. The van der Waals surface area contributed by atoms with Crippen molar-refractivity contribution in [3.8, 4) is 0 Å². The van der Waals surface area contributed by atoms with Crippen LogP contribution in [0.5, 0.6) is 0 Å². The van der Waals surface area contributed by atoms with Gasteiger partial charge in [0.2, 0.25) is 5.95 Å². The van der Waals surface area contributed by atoms with Crippen molar-refractivity contribution in [3.63, 3.8) is 0 Å². The van der Waals surface area contributed by atoms with E-state index >= 15 is 0 Å². The molecule has 0 aliphatic heterocycles. The number of nitrogens with zero attached hydrogens (tertiary/aromatic N) is 3. The number of anilines is 2. The zero-order valence-corrected chi connectivity index (χ0v) is 12.7. The lowest BCUT2D eigenvalue weighted by atomic mass is 10.2. The second kappa shape index (κ2) is 7.04. The van der Waals surface area contributed by atoms with Crippen LogP contribution in [0.15, 0.2) is 48.8 Å². The molecule has 2 amide bonds. The molecule has 0 fully saturated rings. The predicted octanol–water partition coefficient (Wildman–Crippen LogP) is 3.39. The zero-order valence-electron chi connectivity index (χ0n) is 12.7. The minimum Gasteiger partial charge on any atom is -0.305 e. The summed E-state index contributed by atoms with van der Waals surface area (Å²) in [5.74, 6) is -1.98. The topological polar surface area (TPSA) is 71.8 Å². The van der Waals surface area contributed by atoms with Gasteiger partial charge >= 0.3 is 6.03 Å². The molecule has 25 heavy (non-hydrogen) atoms. The Kier molecular flexibility index (Phi) is 4.64. The van der Waals surface area contributed by atoms with Gasteiger partial charge in [0.05, 0.1) is 12.2 Å². The predicted molar refractivity (Wildman–Crippen MR) is 84.5 cm³/mol. The molecule has 0 saturated heterocycles. The Bertz CT molecular complexity index is 895. The van der Waals surface area contributed by atoms with Gasteiger partial charge in [0.25, 0.3) is 0 Å². The summed E-state index contributed by atoms with van der Waals surface area (Å²) in [4.78, 5) is 15.7. The van der Waals surface area contributed by atoms with Gasteiger partial charge in [-0.25, -0.2) is 27.6 Å². The lowest BCUT2D eigenvalue weighted by Gasteiger charge is -2.06. The van der Waals surface area contributed by atoms with Crippen LogP contribution < -0.4 is 10.6 Å². The molecule has 2 aromatic carbocycles. The molecular formula is C16H12F3N5O. The Hall–Kier alpha value is -3.36. The first-order chi connectivity index (χ1) is 12.0. The molecule has 128 valence electrons. The van der Waals surface area contributed by atoms with Crippen LogP contribution >= 0.6 is 0 Å². The molecular weight excluding hydrogens is 335 g/mol. The Morgan fingerprint density at radius 2 is 1.72 bits per heavy atom.